The molecule has 0 spiro atoms. The van der Waals surface area contributed by atoms with Crippen molar-refractivity contribution in [3.63, 3.8) is 0 Å². The Morgan fingerprint density at radius 1 is 1.50 bits per heavy atom. The summed E-state index contributed by atoms with van der Waals surface area (Å²) in [6.45, 7) is 8.94. The van der Waals surface area contributed by atoms with E-state index in [-0.39, 0.29) is 17.4 Å². The van der Waals surface area contributed by atoms with Crippen LogP contribution in [0.15, 0.2) is 22.6 Å². The Hall–Kier alpha value is -0.210. The van der Waals surface area contributed by atoms with E-state index in [1.54, 1.807) is 0 Å². The third kappa shape index (κ3) is 1.91. The number of aliphatic hydroxyl groups is 1. The average Bonchev–Trinajstić information content (AvgIpc) is 2.08. The maximum Gasteiger partial charge on any atom is 0.0645 e. The van der Waals surface area contributed by atoms with E-state index in [9.17, 15) is 0 Å². The van der Waals surface area contributed by atoms with Crippen LogP contribution in [0.25, 0.3) is 0 Å². The molecule has 0 aromatic rings. The van der Waals surface area contributed by atoms with E-state index in [0.717, 1.165) is 16.9 Å². The fraction of sp³-hybridized carbons (Fsp3) is 0.667. The summed E-state index contributed by atoms with van der Waals surface area (Å²) in [5, 5.41) is 9.15. The smallest absolute Gasteiger partial charge is 0.0645 e. The molecule has 1 rings (SSSR count). The first kappa shape index (κ1) is 11.9. The molecule has 0 aliphatic heterocycles. The minimum Gasteiger partial charge on any atom is -0.392 e. The van der Waals surface area contributed by atoms with E-state index in [1.807, 2.05) is 0 Å². The van der Waals surface area contributed by atoms with Crippen molar-refractivity contribution in [1.29, 1.82) is 0 Å². The van der Waals surface area contributed by atoms with Crippen LogP contribution in [0.1, 0.15) is 34.1 Å². The Morgan fingerprint density at radius 3 is 2.50 bits per heavy atom. The summed E-state index contributed by atoms with van der Waals surface area (Å²) in [6, 6.07) is 0. The van der Waals surface area contributed by atoms with Crippen LogP contribution in [-0.2, 0) is 0 Å². The van der Waals surface area contributed by atoms with E-state index >= 15 is 0 Å². The van der Waals surface area contributed by atoms with Crippen LogP contribution in [0.3, 0.4) is 0 Å². The van der Waals surface area contributed by atoms with Gasteiger partial charge < -0.3 is 5.11 Å². The molecule has 0 amide bonds. The van der Waals surface area contributed by atoms with E-state index in [2.05, 4.69) is 52.5 Å². The largest absolute Gasteiger partial charge is 0.392 e. The van der Waals surface area contributed by atoms with E-state index in [1.165, 1.54) is 0 Å². The predicted octanol–water partition coefficient (Wildman–Crippen LogP) is 3.17. The van der Waals surface area contributed by atoms with Crippen molar-refractivity contribution in [2.24, 2.45) is 10.8 Å². The van der Waals surface area contributed by atoms with Gasteiger partial charge in [0.25, 0.3) is 0 Å². The molecule has 1 aliphatic carbocycles. The molecule has 1 aliphatic rings. The third-order valence-electron chi connectivity index (χ3n) is 3.34. The van der Waals surface area contributed by atoms with Crippen molar-refractivity contribution in [2.45, 2.75) is 34.1 Å². The SMILES string of the molecule is CC(C)(C)C1(C)C=C(CO)CC=C1S. The zero-order valence-corrected chi connectivity index (χ0v) is 10.4. The lowest BCUT2D eigenvalue weighted by Crippen LogP contribution is -2.33. The van der Waals surface area contributed by atoms with Gasteiger partial charge in [0.1, 0.15) is 0 Å². The molecule has 0 heterocycles. The molecule has 1 atom stereocenters. The van der Waals surface area contributed by atoms with Gasteiger partial charge in [0.15, 0.2) is 0 Å². The van der Waals surface area contributed by atoms with E-state index in [4.69, 9.17) is 5.11 Å². The molecule has 0 fully saturated rings. The second-order valence-corrected chi connectivity index (χ2v) is 5.69. The highest BCUT2D eigenvalue weighted by atomic mass is 32.1. The van der Waals surface area contributed by atoms with Crippen LogP contribution >= 0.6 is 12.6 Å². The number of thiol groups is 1. The van der Waals surface area contributed by atoms with Gasteiger partial charge in [-0.1, -0.05) is 39.8 Å². The van der Waals surface area contributed by atoms with Crippen LogP contribution in [0.5, 0.6) is 0 Å². The summed E-state index contributed by atoms with van der Waals surface area (Å²) in [6.07, 6.45) is 5.12. The van der Waals surface area contributed by atoms with Gasteiger partial charge >= 0.3 is 0 Å². The molecule has 80 valence electrons. The van der Waals surface area contributed by atoms with Gasteiger partial charge in [-0.15, -0.1) is 12.6 Å². The van der Waals surface area contributed by atoms with Gasteiger partial charge in [0.2, 0.25) is 0 Å². The molecular formula is C12H20OS. The van der Waals surface area contributed by atoms with Crippen molar-refractivity contribution in [3.05, 3.63) is 22.6 Å². The van der Waals surface area contributed by atoms with Crippen LogP contribution in [0.4, 0.5) is 0 Å². The molecule has 0 radical (unpaired) electrons. The third-order valence-corrected chi connectivity index (χ3v) is 3.99. The lowest BCUT2D eigenvalue weighted by molar-refractivity contribution is 0.216. The van der Waals surface area contributed by atoms with Crippen LogP contribution < -0.4 is 0 Å². The maximum absolute atomic E-state index is 9.15. The molecule has 1 nitrogen and oxygen atoms in total. The molecule has 0 aromatic heterocycles. The van der Waals surface area contributed by atoms with E-state index < -0.39 is 0 Å². The molecular weight excluding hydrogens is 192 g/mol. The van der Waals surface area contributed by atoms with Crippen molar-refractivity contribution in [3.8, 4) is 0 Å². The maximum atomic E-state index is 9.15. The second kappa shape index (κ2) is 3.74. The molecule has 0 aromatic carbocycles. The fourth-order valence-electron chi connectivity index (χ4n) is 1.69. The number of allylic oxidation sites excluding steroid dienone is 3. The minimum atomic E-state index is -0.0492. The van der Waals surface area contributed by atoms with E-state index in [0.29, 0.717) is 0 Å². The summed E-state index contributed by atoms with van der Waals surface area (Å²) >= 11 is 4.55. The van der Waals surface area contributed by atoms with Crippen LogP contribution in [-0.4, -0.2) is 11.7 Å². The Labute approximate surface area is 92.3 Å². The Morgan fingerprint density at radius 2 is 2.07 bits per heavy atom. The topological polar surface area (TPSA) is 20.2 Å². The standard InChI is InChI=1S/C12H20OS/c1-11(2,3)12(4)7-9(8-13)5-6-10(12)14/h6-7,13-14H,5,8H2,1-4H3. The monoisotopic (exact) mass is 212 g/mol. The zero-order valence-electron chi connectivity index (χ0n) is 9.46. The Balaban J connectivity index is 3.11. The van der Waals surface area contributed by atoms with Crippen molar-refractivity contribution < 1.29 is 5.11 Å². The zero-order chi connectivity index (χ0) is 11.0. The highest BCUT2D eigenvalue weighted by Crippen LogP contribution is 2.49. The minimum absolute atomic E-state index is 0.0492. The number of rotatable bonds is 1. The summed E-state index contributed by atoms with van der Waals surface area (Å²) < 4.78 is 0. The van der Waals surface area contributed by atoms with Crippen LogP contribution in [0, 0.1) is 10.8 Å². The highest BCUT2D eigenvalue weighted by molar-refractivity contribution is 7.84. The summed E-state index contributed by atoms with van der Waals surface area (Å²) in [7, 11) is 0. The predicted molar refractivity (Wildman–Crippen MR) is 64.4 cm³/mol. The second-order valence-electron chi connectivity index (χ2n) is 5.21. The molecule has 14 heavy (non-hydrogen) atoms. The summed E-state index contributed by atoms with van der Waals surface area (Å²) in [5.41, 5.74) is 1.17. The Bertz CT molecular complexity index is 283. The molecule has 1 unspecified atom stereocenters. The number of hydrogen-bond donors (Lipinski definition) is 2. The average molecular weight is 212 g/mol. The quantitative estimate of drug-likeness (QED) is 0.505. The van der Waals surface area contributed by atoms with Gasteiger partial charge in [0, 0.05) is 5.41 Å². The van der Waals surface area contributed by atoms with Crippen molar-refractivity contribution in [2.75, 3.05) is 6.61 Å². The van der Waals surface area contributed by atoms with Gasteiger partial charge in [-0.05, 0) is 22.3 Å². The van der Waals surface area contributed by atoms with Gasteiger partial charge in [0.05, 0.1) is 6.61 Å². The summed E-state index contributed by atoms with van der Waals surface area (Å²) in [4.78, 5) is 1.11. The van der Waals surface area contributed by atoms with Gasteiger partial charge in [-0.2, -0.15) is 0 Å². The molecule has 0 saturated heterocycles. The molecule has 0 bridgehead atoms. The molecule has 0 saturated carbocycles. The Kier molecular flexibility index (Phi) is 3.17. The van der Waals surface area contributed by atoms with Gasteiger partial charge in [-0.3, -0.25) is 0 Å². The van der Waals surface area contributed by atoms with Crippen LogP contribution in [0.2, 0.25) is 0 Å². The first-order valence-corrected chi connectivity index (χ1v) is 5.47. The number of hydrogen-bond acceptors (Lipinski definition) is 2. The normalized spacial score (nSPS) is 28.4. The molecule has 1 N–H and O–H groups in total. The molecule has 2 heteroatoms. The van der Waals surface area contributed by atoms with Crippen molar-refractivity contribution in [1.82, 2.24) is 0 Å². The first-order chi connectivity index (χ1) is 6.31. The first-order valence-electron chi connectivity index (χ1n) is 5.02. The number of aliphatic hydroxyl groups excluding tert-OH is 1. The lowest BCUT2D eigenvalue weighted by atomic mass is 9.65. The lowest BCUT2D eigenvalue weighted by Gasteiger charge is -2.42. The van der Waals surface area contributed by atoms with Gasteiger partial charge in [-0.25, -0.2) is 0 Å². The van der Waals surface area contributed by atoms with Crippen molar-refractivity contribution >= 4 is 12.6 Å². The fourth-order valence-corrected chi connectivity index (χ4v) is 2.18. The summed E-state index contributed by atoms with van der Waals surface area (Å²) in [5.74, 6) is 0. The highest BCUT2D eigenvalue weighted by Gasteiger charge is 2.39.